The molecule has 1 saturated carbocycles. The Morgan fingerprint density at radius 3 is 2.80 bits per heavy atom. The quantitative estimate of drug-likeness (QED) is 0.528. The summed E-state index contributed by atoms with van der Waals surface area (Å²) in [4.78, 5) is 28.2. The highest BCUT2D eigenvalue weighted by molar-refractivity contribution is 6.31. The summed E-state index contributed by atoms with van der Waals surface area (Å²) < 4.78 is 22.0. The maximum absolute atomic E-state index is 14.5. The van der Waals surface area contributed by atoms with E-state index >= 15 is 0 Å². The molecule has 2 heterocycles. The molecule has 0 radical (unpaired) electrons. The van der Waals surface area contributed by atoms with Crippen LogP contribution in [0.4, 0.5) is 4.39 Å². The van der Waals surface area contributed by atoms with Gasteiger partial charge in [0.05, 0.1) is 5.69 Å². The summed E-state index contributed by atoms with van der Waals surface area (Å²) >= 11 is 6.21. The predicted molar refractivity (Wildman–Crippen MR) is 129 cm³/mol. The van der Waals surface area contributed by atoms with Gasteiger partial charge in [0.1, 0.15) is 24.2 Å². The topological polar surface area (TPSA) is 76.5 Å². The second-order valence-electron chi connectivity index (χ2n) is 9.12. The number of fused-ring (bicyclic) bond motifs is 3. The molecule has 1 fully saturated rings. The molecule has 35 heavy (non-hydrogen) atoms. The molecule has 0 bridgehead atoms. The molecule has 9 heteroatoms. The van der Waals surface area contributed by atoms with Crippen molar-refractivity contribution < 1.29 is 18.7 Å². The van der Waals surface area contributed by atoms with Crippen molar-refractivity contribution in [2.45, 2.75) is 39.0 Å². The number of carbonyl (C=O) groups is 2. The number of rotatable bonds is 7. The molecule has 5 rings (SSSR count). The van der Waals surface area contributed by atoms with Crippen molar-refractivity contribution in [2.75, 3.05) is 6.54 Å². The molecule has 0 spiro atoms. The number of halogens is 2. The third kappa shape index (κ3) is 4.62. The van der Waals surface area contributed by atoms with Crippen LogP contribution in [0.2, 0.25) is 5.02 Å². The summed E-state index contributed by atoms with van der Waals surface area (Å²) in [6.07, 6.45) is 2.19. The maximum Gasteiger partial charge on any atom is 0.275 e. The van der Waals surface area contributed by atoms with Gasteiger partial charge in [-0.2, -0.15) is 5.10 Å². The van der Waals surface area contributed by atoms with Gasteiger partial charge in [0.25, 0.3) is 5.91 Å². The van der Waals surface area contributed by atoms with Crippen LogP contribution in [0.1, 0.15) is 41.4 Å². The van der Waals surface area contributed by atoms with Crippen LogP contribution in [0.5, 0.6) is 5.75 Å². The van der Waals surface area contributed by atoms with Gasteiger partial charge in [-0.1, -0.05) is 29.8 Å². The number of nitrogens with one attached hydrogen (secondary N) is 1. The van der Waals surface area contributed by atoms with Gasteiger partial charge in [-0.25, -0.2) is 4.39 Å². The SMILES string of the molecule is C[C@@H](C(=O)NCC1CC1)N(Cc1ccccc1F)C(=O)c1nn(C)c2c1COc1ccc(Cl)cc1-2. The van der Waals surface area contributed by atoms with Gasteiger partial charge in [-0.05, 0) is 49.9 Å². The number of benzene rings is 2. The van der Waals surface area contributed by atoms with E-state index in [9.17, 15) is 14.0 Å². The Hall–Kier alpha value is -3.39. The molecule has 1 aliphatic carbocycles. The Morgan fingerprint density at radius 2 is 2.06 bits per heavy atom. The van der Waals surface area contributed by atoms with Crippen LogP contribution >= 0.6 is 11.6 Å². The zero-order valence-electron chi connectivity index (χ0n) is 19.6. The predicted octanol–water partition coefficient (Wildman–Crippen LogP) is 4.33. The molecule has 3 aromatic rings. The van der Waals surface area contributed by atoms with Crippen LogP contribution in [0.3, 0.4) is 0 Å². The minimum absolute atomic E-state index is 0.0713. The maximum atomic E-state index is 14.5. The molecular formula is C26H26ClFN4O3. The molecule has 182 valence electrons. The molecule has 1 N–H and O–H groups in total. The number of aromatic nitrogens is 2. The normalized spacial score (nSPS) is 15.0. The lowest BCUT2D eigenvalue weighted by Crippen LogP contribution is -2.48. The standard InChI is InChI=1S/C26H26ClFN4O3/c1-15(25(33)29-12-16-7-8-16)32(13-17-5-3-4-6-21(17)28)26(34)23-20-14-35-22-10-9-18(27)11-19(22)24(20)31(2)30-23/h3-6,9-11,15-16H,7-8,12-14H2,1-2H3,(H,29,33)/t15-/m0/s1. The first-order chi connectivity index (χ1) is 16.8. The number of nitrogens with zero attached hydrogens (tertiary/aromatic N) is 3. The summed E-state index contributed by atoms with van der Waals surface area (Å²) in [5, 5.41) is 7.97. The Bertz CT molecular complexity index is 1300. The Morgan fingerprint density at radius 1 is 1.29 bits per heavy atom. The number of aryl methyl sites for hydroxylation is 1. The van der Waals surface area contributed by atoms with Crippen molar-refractivity contribution in [3.63, 3.8) is 0 Å². The van der Waals surface area contributed by atoms with Gasteiger partial charge in [0.15, 0.2) is 5.69 Å². The second kappa shape index (κ2) is 9.34. The Balaban J connectivity index is 1.50. The highest BCUT2D eigenvalue weighted by atomic mass is 35.5. The molecule has 1 atom stereocenters. The van der Waals surface area contributed by atoms with E-state index in [4.69, 9.17) is 16.3 Å². The van der Waals surface area contributed by atoms with Gasteiger partial charge in [-0.15, -0.1) is 0 Å². The first-order valence-corrected chi connectivity index (χ1v) is 12.0. The molecule has 2 aromatic carbocycles. The third-order valence-electron chi connectivity index (χ3n) is 6.58. The van der Waals surface area contributed by atoms with Crippen molar-refractivity contribution in [3.8, 4) is 17.0 Å². The van der Waals surface area contributed by atoms with Gasteiger partial charge in [0, 0.05) is 41.9 Å². The van der Waals surface area contributed by atoms with Crippen molar-refractivity contribution in [1.82, 2.24) is 20.0 Å². The Kier molecular flexibility index (Phi) is 6.23. The molecule has 1 aliphatic heterocycles. The van der Waals surface area contributed by atoms with E-state index in [2.05, 4.69) is 10.4 Å². The lowest BCUT2D eigenvalue weighted by Gasteiger charge is -2.29. The van der Waals surface area contributed by atoms with Crippen LogP contribution in [-0.2, 0) is 25.0 Å². The summed E-state index contributed by atoms with van der Waals surface area (Å²) in [6, 6.07) is 10.7. The van der Waals surface area contributed by atoms with E-state index in [1.54, 1.807) is 55.1 Å². The Labute approximate surface area is 207 Å². The van der Waals surface area contributed by atoms with Gasteiger partial charge in [0.2, 0.25) is 5.91 Å². The highest BCUT2D eigenvalue weighted by Crippen LogP contribution is 2.40. The highest BCUT2D eigenvalue weighted by Gasteiger charge is 2.35. The average Bonchev–Trinajstić information content (AvgIpc) is 3.62. The lowest BCUT2D eigenvalue weighted by atomic mass is 10.0. The van der Waals surface area contributed by atoms with E-state index in [1.807, 2.05) is 0 Å². The molecule has 0 saturated heterocycles. The third-order valence-corrected chi connectivity index (χ3v) is 6.82. The molecule has 0 unspecified atom stereocenters. The fourth-order valence-corrected chi connectivity index (χ4v) is 4.54. The number of hydrogen-bond donors (Lipinski definition) is 1. The molecule has 2 aliphatic rings. The number of ether oxygens (including phenoxy) is 1. The summed E-state index contributed by atoms with van der Waals surface area (Å²) in [6.45, 7) is 2.31. The number of amides is 2. The minimum Gasteiger partial charge on any atom is -0.488 e. The summed E-state index contributed by atoms with van der Waals surface area (Å²) in [5.41, 5.74) is 2.57. The first-order valence-electron chi connectivity index (χ1n) is 11.6. The van der Waals surface area contributed by atoms with Gasteiger partial charge < -0.3 is 15.0 Å². The number of carbonyl (C=O) groups excluding carboxylic acids is 2. The van der Waals surface area contributed by atoms with E-state index in [0.717, 1.165) is 24.1 Å². The molecule has 1 aromatic heterocycles. The monoisotopic (exact) mass is 496 g/mol. The van der Waals surface area contributed by atoms with Gasteiger partial charge >= 0.3 is 0 Å². The lowest BCUT2D eigenvalue weighted by molar-refractivity contribution is -0.125. The van der Waals surface area contributed by atoms with Crippen LogP contribution in [0.15, 0.2) is 42.5 Å². The largest absolute Gasteiger partial charge is 0.488 e. The van der Waals surface area contributed by atoms with Crippen molar-refractivity contribution in [3.05, 3.63) is 70.1 Å². The van der Waals surface area contributed by atoms with Crippen LogP contribution in [-0.4, -0.2) is 39.1 Å². The molecule has 2 amide bonds. The zero-order chi connectivity index (χ0) is 24.7. The molecule has 7 nitrogen and oxygen atoms in total. The second-order valence-corrected chi connectivity index (χ2v) is 9.55. The molecular weight excluding hydrogens is 471 g/mol. The van der Waals surface area contributed by atoms with Crippen molar-refractivity contribution in [2.24, 2.45) is 13.0 Å². The first kappa shape index (κ1) is 23.4. The van der Waals surface area contributed by atoms with Crippen molar-refractivity contribution in [1.29, 1.82) is 0 Å². The van der Waals surface area contributed by atoms with E-state index in [0.29, 0.717) is 34.4 Å². The zero-order valence-corrected chi connectivity index (χ0v) is 20.3. The summed E-state index contributed by atoms with van der Waals surface area (Å²) in [7, 11) is 1.75. The fourth-order valence-electron chi connectivity index (χ4n) is 4.36. The van der Waals surface area contributed by atoms with E-state index in [1.165, 1.54) is 11.0 Å². The van der Waals surface area contributed by atoms with Gasteiger partial charge in [-0.3, -0.25) is 14.3 Å². The number of hydrogen-bond acceptors (Lipinski definition) is 4. The van der Waals surface area contributed by atoms with Crippen LogP contribution < -0.4 is 10.1 Å². The van der Waals surface area contributed by atoms with Crippen molar-refractivity contribution >= 4 is 23.4 Å². The fraction of sp³-hybridized carbons (Fsp3) is 0.346. The smallest absolute Gasteiger partial charge is 0.275 e. The summed E-state index contributed by atoms with van der Waals surface area (Å²) in [5.74, 6) is -0.0347. The van der Waals surface area contributed by atoms with E-state index in [-0.39, 0.29) is 24.8 Å². The van der Waals surface area contributed by atoms with Crippen LogP contribution in [0.25, 0.3) is 11.3 Å². The van der Waals surface area contributed by atoms with E-state index < -0.39 is 17.8 Å². The van der Waals surface area contributed by atoms with Crippen LogP contribution in [0, 0.1) is 11.7 Å². The minimum atomic E-state index is -0.829. The average molecular weight is 497 g/mol.